The zero-order chi connectivity index (χ0) is 22.5. The fourth-order valence-electron chi connectivity index (χ4n) is 4.24. The van der Waals surface area contributed by atoms with Crippen LogP contribution in [-0.4, -0.2) is 76.8 Å². The second kappa shape index (κ2) is 9.86. The van der Waals surface area contributed by atoms with E-state index in [1.807, 2.05) is 19.1 Å². The van der Waals surface area contributed by atoms with Crippen molar-refractivity contribution in [3.63, 3.8) is 0 Å². The summed E-state index contributed by atoms with van der Waals surface area (Å²) in [7, 11) is 0. The molecule has 1 N–H and O–H groups in total. The lowest BCUT2D eigenvalue weighted by Crippen LogP contribution is -2.48. The van der Waals surface area contributed by atoms with E-state index in [9.17, 15) is 14.4 Å². The Morgan fingerprint density at radius 3 is 2.41 bits per heavy atom. The van der Waals surface area contributed by atoms with Gasteiger partial charge in [0.15, 0.2) is 5.78 Å². The van der Waals surface area contributed by atoms with Crippen molar-refractivity contribution in [3.8, 4) is 0 Å². The van der Waals surface area contributed by atoms with Gasteiger partial charge in [-0.25, -0.2) is 14.8 Å². The maximum Gasteiger partial charge on any atom is 0.324 e. The molecular weight excluding hydrogens is 408 g/mol. The van der Waals surface area contributed by atoms with Crippen molar-refractivity contribution in [1.29, 1.82) is 0 Å². The SMILES string of the molecule is CCNC(=O)N1C(=O)CCC1c1ccc(C(=O)CN2CCN(c3ncccn3)CC2)cc1. The molecule has 1 aromatic heterocycles. The minimum Gasteiger partial charge on any atom is -0.338 e. The quantitative estimate of drug-likeness (QED) is 0.690. The monoisotopic (exact) mass is 436 g/mol. The van der Waals surface area contributed by atoms with E-state index < -0.39 is 0 Å². The molecule has 2 fully saturated rings. The molecule has 0 saturated carbocycles. The fraction of sp³-hybridized carbons (Fsp3) is 0.435. The number of carbonyl (C=O) groups is 3. The van der Waals surface area contributed by atoms with Crippen LogP contribution in [0.2, 0.25) is 0 Å². The van der Waals surface area contributed by atoms with E-state index in [1.165, 1.54) is 4.90 Å². The Kier molecular flexibility index (Phi) is 6.75. The summed E-state index contributed by atoms with van der Waals surface area (Å²) in [5, 5.41) is 2.70. The Morgan fingerprint density at radius 1 is 1.06 bits per heavy atom. The largest absolute Gasteiger partial charge is 0.338 e. The van der Waals surface area contributed by atoms with Gasteiger partial charge in [-0.05, 0) is 25.0 Å². The summed E-state index contributed by atoms with van der Waals surface area (Å²) in [5.41, 5.74) is 1.51. The summed E-state index contributed by atoms with van der Waals surface area (Å²) < 4.78 is 0. The van der Waals surface area contributed by atoms with Crippen LogP contribution in [0.1, 0.15) is 41.7 Å². The van der Waals surface area contributed by atoms with Gasteiger partial charge in [-0.1, -0.05) is 24.3 Å². The van der Waals surface area contributed by atoms with Gasteiger partial charge in [-0.3, -0.25) is 19.4 Å². The number of amides is 3. The number of anilines is 1. The highest BCUT2D eigenvalue weighted by Crippen LogP contribution is 2.33. The number of nitrogens with zero attached hydrogens (tertiary/aromatic N) is 5. The van der Waals surface area contributed by atoms with E-state index in [4.69, 9.17) is 0 Å². The van der Waals surface area contributed by atoms with Crippen LogP contribution in [0, 0.1) is 0 Å². The first-order chi connectivity index (χ1) is 15.6. The molecule has 3 heterocycles. The Balaban J connectivity index is 1.34. The van der Waals surface area contributed by atoms with Crippen LogP contribution < -0.4 is 10.2 Å². The molecular formula is C23H28N6O3. The summed E-state index contributed by atoms with van der Waals surface area (Å²) in [4.78, 5) is 51.4. The van der Waals surface area contributed by atoms with E-state index in [2.05, 4.69) is 25.1 Å². The Bertz CT molecular complexity index is 957. The van der Waals surface area contributed by atoms with Crippen LogP contribution in [0.3, 0.4) is 0 Å². The second-order valence-corrected chi connectivity index (χ2v) is 8.01. The maximum atomic E-state index is 12.8. The van der Waals surface area contributed by atoms with Crippen molar-refractivity contribution in [2.75, 3.05) is 44.2 Å². The van der Waals surface area contributed by atoms with Gasteiger partial charge in [0, 0.05) is 57.1 Å². The number of likely N-dealkylation sites (tertiary alicyclic amines) is 1. The van der Waals surface area contributed by atoms with E-state index in [-0.39, 0.29) is 23.8 Å². The topological polar surface area (TPSA) is 98.7 Å². The third-order valence-corrected chi connectivity index (χ3v) is 5.95. The predicted octanol–water partition coefficient (Wildman–Crippen LogP) is 1.87. The van der Waals surface area contributed by atoms with Crippen molar-refractivity contribution < 1.29 is 14.4 Å². The molecule has 168 valence electrons. The minimum absolute atomic E-state index is 0.0593. The molecule has 1 unspecified atom stereocenters. The number of nitrogens with one attached hydrogen (secondary N) is 1. The molecule has 2 aliphatic rings. The van der Waals surface area contributed by atoms with E-state index in [1.54, 1.807) is 30.6 Å². The number of urea groups is 1. The predicted molar refractivity (Wildman–Crippen MR) is 119 cm³/mol. The van der Waals surface area contributed by atoms with Crippen LogP contribution in [0.15, 0.2) is 42.7 Å². The summed E-state index contributed by atoms with van der Waals surface area (Å²) in [6.07, 6.45) is 4.42. The molecule has 9 heteroatoms. The standard InChI is InChI=1S/C23H28N6O3/c1-2-24-23(32)29-19(8-9-21(29)31)17-4-6-18(7-5-17)20(30)16-27-12-14-28(15-13-27)22-25-10-3-11-26-22/h3-7,10-11,19H,2,8-9,12-16H2,1H3,(H,24,32). The highest BCUT2D eigenvalue weighted by Gasteiger charge is 2.36. The second-order valence-electron chi connectivity index (χ2n) is 8.01. The van der Waals surface area contributed by atoms with Crippen LogP contribution >= 0.6 is 0 Å². The Morgan fingerprint density at radius 2 is 1.75 bits per heavy atom. The number of carbonyl (C=O) groups excluding carboxylic acids is 3. The number of hydrogen-bond acceptors (Lipinski definition) is 7. The molecule has 3 amide bonds. The number of piperazine rings is 1. The first-order valence-electron chi connectivity index (χ1n) is 11.0. The van der Waals surface area contributed by atoms with E-state index in [0.717, 1.165) is 37.7 Å². The Labute approximate surface area is 187 Å². The lowest BCUT2D eigenvalue weighted by Gasteiger charge is -2.34. The molecule has 0 spiro atoms. The third-order valence-electron chi connectivity index (χ3n) is 5.95. The zero-order valence-electron chi connectivity index (χ0n) is 18.2. The van der Waals surface area contributed by atoms with Gasteiger partial charge >= 0.3 is 6.03 Å². The number of hydrogen-bond donors (Lipinski definition) is 1. The molecule has 0 aliphatic carbocycles. The minimum atomic E-state index is -0.361. The van der Waals surface area contributed by atoms with Gasteiger partial charge in [0.25, 0.3) is 0 Å². The molecule has 1 atom stereocenters. The van der Waals surface area contributed by atoms with Crippen LogP contribution in [0.25, 0.3) is 0 Å². The van der Waals surface area contributed by atoms with Crippen molar-refractivity contribution in [2.24, 2.45) is 0 Å². The first-order valence-corrected chi connectivity index (χ1v) is 11.0. The van der Waals surface area contributed by atoms with Crippen molar-refractivity contribution in [2.45, 2.75) is 25.8 Å². The molecule has 2 aromatic rings. The molecule has 9 nitrogen and oxygen atoms in total. The van der Waals surface area contributed by atoms with Crippen molar-refractivity contribution >= 4 is 23.7 Å². The van der Waals surface area contributed by atoms with E-state index in [0.29, 0.717) is 31.5 Å². The molecule has 2 aliphatic heterocycles. The van der Waals surface area contributed by atoms with Crippen LogP contribution in [-0.2, 0) is 4.79 Å². The van der Waals surface area contributed by atoms with Crippen LogP contribution in [0.5, 0.6) is 0 Å². The molecule has 2 saturated heterocycles. The number of benzene rings is 1. The molecule has 4 rings (SSSR count). The van der Waals surface area contributed by atoms with Crippen molar-refractivity contribution in [3.05, 3.63) is 53.9 Å². The van der Waals surface area contributed by atoms with Gasteiger partial charge in [0.1, 0.15) is 0 Å². The highest BCUT2D eigenvalue weighted by atomic mass is 16.2. The van der Waals surface area contributed by atoms with Crippen molar-refractivity contribution in [1.82, 2.24) is 25.1 Å². The lowest BCUT2D eigenvalue weighted by atomic mass is 10.0. The number of Topliss-reactive ketones (excluding diaryl/α,β-unsaturated/α-hetero) is 1. The summed E-state index contributed by atoms with van der Waals surface area (Å²) in [6, 6.07) is 8.45. The Hall–Kier alpha value is -3.33. The van der Waals surface area contributed by atoms with Gasteiger partial charge < -0.3 is 10.2 Å². The van der Waals surface area contributed by atoms with Gasteiger partial charge in [0.2, 0.25) is 11.9 Å². The maximum absolute atomic E-state index is 12.8. The van der Waals surface area contributed by atoms with Crippen LogP contribution in [0.4, 0.5) is 10.7 Å². The molecule has 1 aromatic carbocycles. The normalized spacial score (nSPS) is 19.3. The summed E-state index contributed by atoms with van der Waals surface area (Å²) >= 11 is 0. The third kappa shape index (κ3) is 4.77. The zero-order valence-corrected chi connectivity index (χ0v) is 18.2. The highest BCUT2D eigenvalue weighted by molar-refractivity contribution is 5.98. The number of rotatable bonds is 6. The van der Waals surface area contributed by atoms with E-state index >= 15 is 0 Å². The number of imide groups is 1. The van der Waals surface area contributed by atoms with Gasteiger partial charge in [0.05, 0.1) is 12.6 Å². The lowest BCUT2D eigenvalue weighted by molar-refractivity contribution is -0.126. The van der Waals surface area contributed by atoms with Gasteiger partial charge in [-0.15, -0.1) is 0 Å². The number of aromatic nitrogens is 2. The average molecular weight is 437 g/mol. The molecule has 0 bridgehead atoms. The summed E-state index contributed by atoms with van der Waals surface area (Å²) in [6.45, 7) is 5.75. The molecule has 0 radical (unpaired) electrons. The fourth-order valence-corrected chi connectivity index (χ4v) is 4.24. The average Bonchev–Trinajstić information content (AvgIpc) is 3.22. The first kappa shape index (κ1) is 21.9. The number of ketones is 1. The van der Waals surface area contributed by atoms with Gasteiger partial charge in [-0.2, -0.15) is 0 Å². The summed E-state index contributed by atoms with van der Waals surface area (Å²) in [5.74, 6) is 0.617. The molecule has 32 heavy (non-hydrogen) atoms. The smallest absolute Gasteiger partial charge is 0.324 e.